The van der Waals surface area contributed by atoms with Gasteiger partial charge in [-0.25, -0.2) is 13.2 Å². The van der Waals surface area contributed by atoms with Gasteiger partial charge < -0.3 is 20.3 Å². The molecule has 0 radical (unpaired) electrons. The Balaban J connectivity index is 1.16. The first-order valence-electron chi connectivity index (χ1n) is 18.6. The monoisotopic (exact) mass is 723 g/mol. The molecular formula is C37H49N5O8S. The molecule has 51 heavy (non-hydrogen) atoms. The highest BCUT2D eigenvalue weighted by Crippen LogP contribution is 2.45. The highest BCUT2D eigenvalue weighted by molar-refractivity contribution is 7.91. The minimum Gasteiger partial charge on any atom is -0.444 e. The molecule has 1 aromatic rings. The Labute approximate surface area is 299 Å². The topological polar surface area (TPSA) is 171 Å². The van der Waals surface area contributed by atoms with Crippen LogP contribution in [0.25, 0.3) is 0 Å². The van der Waals surface area contributed by atoms with Crippen LogP contribution in [0.1, 0.15) is 100 Å². The molecule has 1 saturated heterocycles. The van der Waals surface area contributed by atoms with Crippen LogP contribution in [0.2, 0.25) is 0 Å². The van der Waals surface area contributed by atoms with Gasteiger partial charge in [0, 0.05) is 31.8 Å². The van der Waals surface area contributed by atoms with E-state index in [1.54, 1.807) is 4.90 Å². The number of carbonyl (C=O) groups is 5. The standard InChI is InChI=1S/C37H49N5O8S/c1-2-26-19-37(26,35(46)40-51(48,49)28-16-17-28)39-33(44)30-18-27-21-42(30)34(45)32(24-11-6-3-7-12-24)38-31(43)15-8-4-5-10-23-13-9-14-25-20-41(22-29(23)25)36(47)50-27/h2,9,13-14,24,26-28,30,32H,1,3-8,10-12,15-22H2,(H,38,43)(H,39,44)(H,40,46)/t26-,27-,30+,32+,37-/m1/s1. The lowest BCUT2D eigenvalue weighted by molar-refractivity contribution is -0.143. The number of nitrogens with zero attached hydrogens (tertiary/aromatic N) is 2. The lowest BCUT2D eigenvalue weighted by Gasteiger charge is -2.35. The number of amides is 5. The molecule has 14 heteroatoms. The molecule has 13 nitrogen and oxygen atoms in total. The van der Waals surface area contributed by atoms with Gasteiger partial charge in [-0.3, -0.25) is 28.8 Å². The van der Waals surface area contributed by atoms with Gasteiger partial charge in [-0.1, -0.05) is 50.0 Å². The zero-order chi connectivity index (χ0) is 35.9. The summed E-state index contributed by atoms with van der Waals surface area (Å²) in [5, 5.41) is 5.21. The number of carbonyl (C=O) groups excluding carboxylic acids is 5. The van der Waals surface area contributed by atoms with Gasteiger partial charge in [-0.15, -0.1) is 6.58 Å². The third kappa shape index (κ3) is 7.38. The SMILES string of the molecule is C=C[C@@H]1C[C@]1(NC(=O)[C@@H]1C[C@@H]2CN1C(=O)[C@H](C1CCCCC1)NC(=O)CCCCCc1cccc3c1CN(C3)C(=O)O2)C(=O)NS(=O)(=O)C1CC1. The summed E-state index contributed by atoms with van der Waals surface area (Å²) in [5.41, 5.74) is 1.82. The predicted octanol–water partition coefficient (Wildman–Crippen LogP) is 2.96. The van der Waals surface area contributed by atoms with E-state index in [4.69, 9.17) is 4.74 Å². The van der Waals surface area contributed by atoms with Crippen LogP contribution >= 0.6 is 0 Å². The molecule has 0 unspecified atom stereocenters. The molecule has 3 heterocycles. The zero-order valence-corrected chi connectivity index (χ0v) is 29.9. The molecule has 0 aromatic heterocycles. The molecule has 7 rings (SSSR count). The maximum atomic E-state index is 14.6. The van der Waals surface area contributed by atoms with Crippen LogP contribution in [0.5, 0.6) is 0 Å². The van der Waals surface area contributed by atoms with E-state index in [9.17, 15) is 32.4 Å². The minimum atomic E-state index is -3.88. The maximum absolute atomic E-state index is 14.6. The van der Waals surface area contributed by atoms with Crippen molar-refractivity contribution in [1.82, 2.24) is 25.2 Å². The molecule has 0 spiro atoms. The Morgan fingerprint density at radius 3 is 2.41 bits per heavy atom. The second kappa shape index (κ2) is 14.2. The fraction of sp³-hybridized carbons (Fsp3) is 0.649. The summed E-state index contributed by atoms with van der Waals surface area (Å²) < 4.78 is 33.5. The van der Waals surface area contributed by atoms with E-state index in [-0.39, 0.29) is 37.6 Å². The molecule has 6 aliphatic rings. The molecule has 4 fully saturated rings. The molecule has 276 valence electrons. The van der Waals surface area contributed by atoms with Crippen LogP contribution < -0.4 is 15.4 Å². The van der Waals surface area contributed by atoms with Gasteiger partial charge in [0.05, 0.1) is 11.8 Å². The van der Waals surface area contributed by atoms with Gasteiger partial charge >= 0.3 is 6.09 Å². The van der Waals surface area contributed by atoms with Crippen molar-refractivity contribution in [3.05, 3.63) is 47.5 Å². The summed E-state index contributed by atoms with van der Waals surface area (Å²) in [5.74, 6) is -2.72. The van der Waals surface area contributed by atoms with Crippen molar-refractivity contribution >= 4 is 39.7 Å². The lowest BCUT2D eigenvalue weighted by atomic mass is 9.83. The third-order valence-corrected chi connectivity index (χ3v) is 13.6. The smallest absolute Gasteiger partial charge is 0.410 e. The molecule has 1 aromatic carbocycles. The van der Waals surface area contributed by atoms with Crippen LogP contribution in [0.15, 0.2) is 30.9 Å². The van der Waals surface area contributed by atoms with Crippen molar-refractivity contribution < 1.29 is 37.1 Å². The van der Waals surface area contributed by atoms with E-state index in [1.165, 1.54) is 16.5 Å². The Bertz CT molecular complexity index is 1710. The van der Waals surface area contributed by atoms with Crippen molar-refractivity contribution in [2.75, 3.05) is 6.54 Å². The number of hydrogen-bond acceptors (Lipinski definition) is 8. The fourth-order valence-electron chi connectivity index (χ4n) is 8.52. The fourth-order valence-corrected chi connectivity index (χ4v) is 9.88. The van der Waals surface area contributed by atoms with E-state index in [0.29, 0.717) is 32.4 Å². The van der Waals surface area contributed by atoms with Crippen molar-refractivity contribution in [2.45, 2.75) is 132 Å². The summed E-state index contributed by atoms with van der Waals surface area (Å²) in [7, 11) is -3.88. The highest BCUT2D eigenvalue weighted by atomic mass is 32.2. The van der Waals surface area contributed by atoms with E-state index < -0.39 is 68.7 Å². The molecule has 3 aliphatic heterocycles. The Kier molecular flexibility index (Phi) is 9.90. The summed E-state index contributed by atoms with van der Waals surface area (Å²) in [4.78, 5) is 72.3. The van der Waals surface area contributed by atoms with Crippen LogP contribution in [0, 0.1) is 11.8 Å². The first-order chi connectivity index (χ1) is 24.5. The molecule has 3 N–H and O–H groups in total. The van der Waals surface area contributed by atoms with Crippen molar-refractivity contribution in [3.63, 3.8) is 0 Å². The third-order valence-electron chi connectivity index (χ3n) is 11.8. The van der Waals surface area contributed by atoms with E-state index in [0.717, 1.165) is 62.5 Å². The molecular weight excluding hydrogens is 675 g/mol. The summed E-state index contributed by atoms with van der Waals surface area (Å²) >= 11 is 0. The second-order valence-corrected chi connectivity index (χ2v) is 17.3. The summed E-state index contributed by atoms with van der Waals surface area (Å²) in [6.45, 7) is 4.51. The van der Waals surface area contributed by atoms with Crippen molar-refractivity contribution in [3.8, 4) is 0 Å². The highest BCUT2D eigenvalue weighted by Gasteiger charge is 2.62. The predicted molar refractivity (Wildman–Crippen MR) is 186 cm³/mol. The Morgan fingerprint density at radius 2 is 1.69 bits per heavy atom. The largest absolute Gasteiger partial charge is 0.444 e. The van der Waals surface area contributed by atoms with E-state index in [2.05, 4.69) is 28.0 Å². The first-order valence-corrected chi connectivity index (χ1v) is 20.2. The minimum absolute atomic E-state index is 0.0164. The number of sulfonamides is 1. The van der Waals surface area contributed by atoms with E-state index in [1.807, 2.05) is 12.1 Å². The number of hydrogen-bond donors (Lipinski definition) is 3. The molecule has 5 amide bonds. The van der Waals surface area contributed by atoms with Crippen LogP contribution in [-0.4, -0.2) is 83.5 Å². The zero-order valence-electron chi connectivity index (χ0n) is 29.1. The van der Waals surface area contributed by atoms with Gasteiger partial charge in [-0.2, -0.15) is 0 Å². The average molecular weight is 724 g/mol. The number of nitrogens with one attached hydrogen (secondary N) is 3. The van der Waals surface area contributed by atoms with Crippen molar-refractivity contribution in [2.24, 2.45) is 11.8 Å². The molecule has 3 aliphatic carbocycles. The number of benzene rings is 1. The summed E-state index contributed by atoms with van der Waals surface area (Å²) in [6, 6.07) is 4.11. The van der Waals surface area contributed by atoms with Crippen LogP contribution in [-0.2, 0) is 53.4 Å². The lowest BCUT2D eigenvalue weighted by Crippen LogP contribution is -2.59. The van der Waals surface area contributed by atoms with Crippen molar-refractivity contribution in [1.29, 1.82) is 0 Å². The molecule has 5 atom stereocenters. The van der Waals surface area contributed by atoms with E-state index >= 15 is 0 Å². The first kappa shape index (κ1) is 35.5. The molecule has 4 bridgehead atoms. The van der Waals surface area contributed by atoms with Crippen LogP contribution in [0.4, 0.5) is 4.79 Å². The average Bonchev–Trinajstić information content (AvgIpc) is 4.01. The second-order valence-electron chi connectivity index (χ2n) is 15.3. The van der Waals surface area contributed by atoms with Gasteiger partial charge in [0.15, 0.2) is 0 Å². The maximum Gasteiger partial charge on any atom is 0.410 e. The number of ether oxygens (including phenoxy) is 1. The van der Waals surface area contributed by atoms with Gasteiger partial charge in [0.2, 0.25) is 27.7 Å². The number of rotatable bonds is 7. The van der Waals surface area contributed by atoms with Gasteiger partial charge in [0.25, 0.3) is 5.91 Å². The Morgan fingerprint density at radius 1 is 0.961 bits per heavy atom. The molecule has 3 saturated carbocycles. The quantitative estimate of drug-likeness (QED) is 0.361. The normalized spacial score (nSPS) is 30.5. The number of aryl methyl sites for hydroxylation is 1. The van der Waals surface area contributed by atoms with Crippen LogP contribution in [0.3, 0.4) is 0 Å². The van der Waals surface area contributed by atoms with Gasteiger partial charge in [0.1, 0.15) is 23.7 Å². The Hall–Kier alpha value is -3.94. The number of fused-ring (bicyclic) bond motifs is 3. The van der Waals surface area contributed by atoms with Gasteiger partial charge in [-0.05, 0) is 74.0 Å². The summed E-state index contributed by atoms with van der Waals surface area (Å²) in [6.07, 6.45) is 9.17.